The van der Waals surface area contributed by atoms with Crippen molar-refractivity contribution in [3.05, 3.63) is 88.9 Å². The van der Waals surface area contributed by atoms with Crippen molar-refractivity contribution in [2.24, 2.45) is 0 Å². The maximum absolute atomic E-state index is 13.0. The number of nitrogens with one attached hydrogen (secondary N) is 1. The van der Waals surface area contributed by atoms with Crippen LogP contribution in [-0.2, 0) is 9.53 Å². The van der Waals surface area contributed by atoms with Crippen LogP contribution in [0, 0.1) is 0 Å². The predicted molar refractivity (Wildman–Crippen MR) is 137 cm³/mol. The summed E-state index contributed by atoms with van der Waals surface area (Å²) in [5, 5.41) is 3.04. The molecule has 35 heavy (non-hydrogen) atoms. The van der Waals surface area contributed by atoms with E-state index in [1.807, 2.05) is 78.9 Å². The summed E-state index contributed by atoms with van der Waals surface area (Å²) in [5.41, 5.74) is 1.81. The minimum atomic E-state index is -0.250. The molecule has 8 heteroatoms. The van der Waals surface area contributed by atoms with E-state index in [0.29, 0.717) is 32.0 Å². The quantitative estimate of drug-likeness (QED) is 0.491. The zero-order valence-corrected chi connectivity index (χ0v) is 20.7. The van der Waals surface area contributed by atoms with Crippen LogP contribution in [0.15, 0.2) is 83.3 Å². The van der Waals surface area contributed by atoms with Crippen molar-refractivity contribution in [1.29, 1.82) is 0 Å². The Morgan fingerprint density at radius 2 is 1.66 bits per heavy atom. The van der Waals surface area contributed by atoms with Gasteiger partial charge in [0.1, 0.15) is 17.6 Å². The Balaban J connectivity index is 1.17. The van der Waals surface area contributed by atoms with Gasteiger partial charge in [0.05, 0.1) is 19.2 Å². The number of nitrogens with zero attached hydrogens (tertiary/aromatic N) is 2. The van der Waals surface area contributed by atoms with Crippen LogP contribution in [0.2, 0.25) is 0 Å². The first-order chi connectivity index (χ1) is 17.1. The Morgan fingerprint density at radius 1 is 0.943 bits per heavy atom. The number of para-hydroxylation sites is 1. The highest BCUT2D eigenvalue weighted by Gasteiger charge is 2.34. The maximum atomic E-state index is 13.0. The highest BCUT2D eigenvalue weighted by Crippen LogP contribution is 2.29. The fourth-order valence-electron chi connectivity index (χ4n) is 4.40. The van der Waals surface area contributed by atoms with E-state index in [1.54, 1.807) is 9.80 Å². The fourth-order valence-corrected chi connectivity index (χ4v) is 4.94. The van der Waals surface area contributed by atoms with Crippen molar-refractivity contribution in [3.63, 3.8) is 0 Å². The summed E-state index contributed by atoms with van der Waals surface area (Å²) in [6.07, 6.45) is 0.0786. The lowest BCUT2D eigenvalue weighted by molar-refractivity contribution is -0.117. The Bertz CT molecular complexity index is 1190. The third-order valence-electron chi connectivity index (χ3n) is 6.19. The third-order valence-corrected chi connectivity index (χ3v) is 6.91. The van der Waals surface area contributed by atoms with Crippen molar-refractivity contribution >= 4 is 33.6 Å². The number of urea groups is 1. The summed E-state index contributed by atoms with van der Waals surface area (Å²) in [4.78, 5) is 29.2. The second-order valence-corrected chi connectivity index (χ2v) is 9.45. The van der Waals surface area contributed by atoms with Crippen molar-refractivity contribution < 1.29 is 19.1 Å². The SMILES string of the molecule is O=C(NC1CC(=O)N(c2ccc(Oc3ccccc3)cc2)C1)N1CCOC(c2ccccc2Br)C1. The number of ether oxygens (including phenoxy) is 2. The topological polar surface area (TPSA) is 71.1 Å². The molecule has 7 nitrogen and oxygen atoms in total. The van der Waals surface area contributed by atoms with Gasteiger partial charge in [0.25, 0.3) is 0 Å². The van der Waals surface area contributed by atoms with Crippen LogP contribution >= 0.6 is 15.9 Å². The molecule has 3 aromatic rings. The molecule has 180 valence electrons. The molecule has 0 aliphatic carbocycles. The first-order valence-electron chi connectivity index (χ1n) is 11.6. The van der Waals surface area contributed by atoms with E-state index < -0.39 is 0 Å². The van der Waals surface area contributed by atoms with Crippen LogP contribution < -0.4 is 15.0 Å². The Labute approximate surface area is 212 Å². The van der Waals surface area contributed by atoms with Gasteiger partial charge < -0.3 is 24.6 Å². The largest absolute Gasteiger partial charge is 0.457 e. The third kappa shape index (κ3) is 5.49. The normalized spacial score (nSPS) is 20.1. The second-order valence-electron chi connectivity index (χ2n) is 8.59. The van der Waals surface area contributed by atoms with E-state index in [1.165, 1.54) is 0 Å². The summed E-state index contributed by atoms with van der Waals surface area (Å²) in [5.74, 6) is 1.44. The van der Waals surface area contributed by atoms with Gasteiger partial charge in [-0.3, -0.25) is 4.79 Å². The minimum absolute atomic E-state index is 0.0138. The zero-order chi connectivity index (χ0) is 24.2. The van der Waals surface area contributed by atoms with Crippen molar-refractivity contribution in [3.8, 4) is 11.5 Å². The van der Waals surface area contributed by atoms with Crippen LogP contribution in [-0.4, -0.2) is 49.1 Å². The molecule has 2 aliphatic rings. The number of carbonyl (C=O) groups excluding carboxylic acids is 2. The molecule has 2 fully saturated rings. The van der Waals surface area contributed by atoms with Crippen LogP contribution in [0.25, 0.3) is 0 Å². The zero-order valence-electron chi connectivity index (χ0n) is 19.1. The van der Waals surface area contributed by atoms with Crippen molar-refractivity contribution in [2.75, 3.05) is 31.1 Å². The minimum Gasteiger partial charge on any atom is -0.457 e. The van der Waals surface area contributed by atoms with E-state index in [4.69, 9.17) is 9.47 Å². The monoisotopic (exact) mass is 535 g/mol. The Kier molecular flexibility index (Phi) is 7.01. The number of morpholine rings is 1. The number of rotatable bonds is 5. The van der Waals surface area contributed by atoms with E-state index in [0.717, 1.165) is 21.5 Å². The van der Waals surface area contributed by atoms with Crippen molar-refractivity contribution in [1.82, 2.24) is 10.2 Å². The van der Waals surface area contributed by atoms with Gasteiger partial charge in [0, 0.05) is 29.7 Å². The summed E-state index contributed by atoms with van der Waals surface area (Å²) in [6.45, 7) is 1.87. The van der Waals surface area contributed by atoms with Crippen LogP contribution in [0.3, 0.4) is 0 Å². The summed E-state index contributed by atoms with van der Waals surface area (Å²) in [6, 6.07) is 24.4. The second kappa shape index (κ2) is 10.5. The van der Waals surface area contributed by atoms with E-state index in [2.05, 4.69) is 21.2 Å². The Hall–Kier alpha value is -3.36. The number of hydrogen-bond donors (Lipinski definition) is 1. The standard InChI is InChI=1S/C27H26BrN3O4/c28-24-9-5-4-8-23(24)25-18-30(14-15-34-25)27(33)29-19-16-26(32)31(17-19)20-10-12-22(13-11-20)35-21-6-2-1-3-7-21/h1-13,19,25H,14-18H2,(H,29,33). The highest BCUT2D eigenvalue weighted by atomic mass is 79.9. The molecule has 2 heterocycles. The lowest BCUT2D eigenvalue weighted by atomic mass is 10.1. The molecule has 0 saturated carbocycles. The van der Waals surface area contributed by atoms with Crippen LogP contribution in [0.1, 0.15) is 18.1 Å². The molecule has 1 N–H and O–H groups in total. The summed E-state index contributed by atoms with van der Waals surface area (Å²) < 4.78 is 12.7. The lowest BCUT2D eigenvalue weighted by Crippen LogP contribution is -2.50. The summed E-state index contributed by atoms with van der Waals surface area (Å²) >= 11 is 3.57. The van der Waals surface area contributed by atoms with Gasteiger partial charge in [0.2, 0.25) is 5.91 Å². The number of benzene rings is 3. The van der Waals surface area contributed by atoms with Gasteiger partial charge in [0.15, 0.2) is 0 Å². The number of hydrogen-bond acceptors (Lipinski definition) is 4. The molecule has 2 aliphatic heterocycles. The average molecular weight is 536 g/mol. The van der Waals surface area contributed by atoms with E-state index in [9.17, 15) is 9.59 Å². The molecule has 0 spiro atoms. The molecule has 5 rings (SSSR count). The van der Waals surface area contributed by atoms with Gasteiger partial charge in [-0.15, -0.1) is 0 Å². The number of halogens is 1. The van der Waals surface area contributed by atoms with Gasteiger partial charge >= 0.3 is 6.03 Å². The van der Waals surface area contributed by atoms with Crippen molar-refractivity contribution in [2.45, 2.75) is 18.6 Å². The number of amides is 3. The van der Waals surface area contributed by atoms with Gasteiger partial charge in [-0.2, -0.15) is 0 Å². The average Bonchev–Trinajstić information content (AvgIpc) is 3.25. The molecule has 2 atom stereocenters. The fraction of sp³-hybridized carbons (Fsp3) is 0.259. The number of anilines is 1. The van der Waals surface area contributed by atoms with Crippen LogP contribution in [0.5, 0.6) is 11.5 Å². The van der Waals surface area contributed by atoms with Gasteiger partial charge in [-0.1, -0.05) is 52.3 Å². The van der Waals surface area contributed by atoms with E-state index >= 15 is 0 Å². The van der Waals surface area contributed by atoms with E-state index in [-0.39, 0.29) is 30.5 Å². The molecule has 0 aromatic heterocycles. The molecule has 2 unspecified atom stereocenters. The lowest BCUT2D eigenvalue weighted by Gasteiger charge is -2.34. The van der Waals surface area contributed by atoms with Gasteiger partial charge in [-0.25, -0.2) is 4.79 Å². The molecular weight excluding hydrogens is 510 g/mol. The first-order valence-corrected chi connectivity index (χ1v) is 12.4. The number of carbonyl (C=O) groups is 2. The molecule has 3 aromatic carbocycles. The highest BCUT2D eigenvalue weighted by molar-refractivity contribution is 9.10. The molecule has 0 bridgehead atoms. The Morgan fingerprint density at radius 3 is 2.43 bits per heavy atom. The van der Waals surface area contributed by atoms with Crippen LogP contribution in [0.4, 0.5) is 10.5 Å². The molecule has 0 radical (unpaired) electrons. The first kappa shape index (κ1) is 23.4. The van der Waals surface area contributed by atoms with Gasteiger partial charge in [-0.05, 0) is 48.0 Å². The molecule has 3 amide bonds. The molecular formula is C27H26BrN3O4. The predicted octanol–water partition coefficient (Wildman–Crippen LogP) is 5.13. The smallest absolute Gasteiger partial charge is 0.317 e. The maximum Gasteiger partial charge on any atom is 0.317 e. The summed E-state index contributed by atoms with van der Waals surface area (Å²) in [7, 11) is 0. The molecule has 2 saturated heterocycles.